The molecule has 0 amide bonds. The van der Waals surface area contributed by atoms with Gasteiger partial charge in [0.05, 0.1) is 29.9 Å². The van der Waals surface area contributed by atoms with E-state index >= 15 is 0 Å². The lowest BCUT2D eigenvalue weighted by molar-refractivity contribution is -0.297. The summed E-state index contributed by atoms with van der Waals surface area (Å²) in [4.78, 5) is 40.3. The van der Waals surface area contributed by atoms with Gasteiger partial charge in [0.2, 0.25) is 0 Å². The number of aromatic nitrogens is 4. The Bertz CT molecular complexity index is 1400. The predicted octanol–water partition coefficient (Wildman–Crippen LogP) is 2.34. The van der Waals surface area contributed by atoms with Gasteiger partial charge in [0.15, 0.2) is 0 Å². The van der Waals surface area contributed by atoms with Crippen LogP contribution in [0.3, 0.4) is 0 Å². The highest BCUT2D eigenvalue weighted by Crippen LogP contribution is 2.39. The van der Waals surface area contributed by atoms with Crippen LogP contribution in [-0.2, 0) is 10.8 Å². The molecule has 1 aliphatic rings. The van der Waals surface area contributed by atoms with Crippen LogP contribution in [0.2, 0.25) is 0 Å². The first kappa shape index (κ1) is 24.3. The molecular formula is C20H15F6N5O4. The number of hydrogen-bond donors (Lipinski definition) is 3. The Balaban J connectivity index is 1.60. The molecular weight excluding hydrogens is 488 g/mol. The summed E-state index contributed by atoms with van der Waals surface area (Å²) in [6.45, 7) is -2.02. The second kappa shape index (κ2) is 8.72. The smallest absolute Gasteiger partial charge is 0.358 e. The monoisotopic (exact) mass is 503 g/mol. The maximum atomic E-state index is 14.6. The highest BCUT2D eigenvalue weighted by molar-refractivity contribution is 5.62. The molecule has 0 saturated carbocycles. The van der Waals surface area contributed by atoms with Gasteiger partial charge < -0.3 is 14.6 Å². The van der Waals surface area contributed by atoms with Crippen molar-refractivity contribution in [2.24, 2.45) is 0 Å². The van der Waals surface area contributed by atoms with Crippen molar-refractivity contribution in [3.05, 3.63) is 78.8 Å². The second-order valence-corrected chi connectivity index (χ2v) is 7.64. The minimum Gasteiger partial charge on any atom is -0.358 e. The number of hydrogen-bond acceptors (Lipinski definition) is 6. The van der Waals surface area contributed by atoms with E-state index in [0.29, 0.717) is 12.1 Å². The summed E-state index contributed by atoms with van der Waals surface area (Å²) in [5.41, 5.74) is -4.85. The molecule has 3 aromatic rings. The van der Waals surface area contributed by atoms with E-state index in [9.17, 15) is 40.7 Å². The molecule has 186 valence electrons. The van der Waals surface area contributed by atoms with Gasteiger partial charge in [0.25, 0.3) is 23.5 Å². The van der Waals surface area contributed by atoms with E-state index in [1.807, 2.05) is 10.1 Å². The molecule has 1 aromatic carbocycles. The Kier molecular flexibility index (Phi) is 6.04. The lowest BCUT2D eigenvalue weighted by Gasteiger charge is -2.24. The summed E-state index contributed by atoms with van der Waals surface area (Å²) in [5.74, 6) is -3.84. The molecule has 2 aromatic heterocycles. The van der Waals surface area contributed by atoms with Crippen molar-refractivity contribution in [2.45, 2.75) is 24.6 Å². The number of H-pyrrole nitrogens is 3. The normalized spacial score (nSPS) is 17.8. The molecule has 4 rings (SSSR count). The summed E-state index contributed by atoms with van der Waals surface area (Å²) >= 11 is 0. The van der Waals surface area contributed by atoms with Crippen molar-refractivity contribution in [1.29, 1.82) is 0 Å². The van der Waals surface area contributed by atoms with Crippen molar-refractivity contribution in [2.75, 3.05) is 18.0 Å². The molecule has 1 fully saturated rings. The number of aromatic amines is 3. The van der Waals surface area contributed by atoms with Crippen LogP contribution in [0.15, 0.2) is 50.9 Å². The van der Waals surface area contributed by atoms with Crippen LogP contribution in [-0.4, -0.2) is 45.3 Å². The molecule has 35 heavy (non-hydrogen) atoms. The molecule has 0 aliphatic carbocycles. The van der Waals surface area contributed by atoms with Gasteiger partial charge in [-0.1, -0.05) is 12.1 Å². The molecule has 1 atom stereocenters. The standard InChI is InChI=1S/C20H15F6N5O4/c21-15(22)9-1-3-10(4-2-9)20(25,26)35-14-7-31(8-19(14,23)24)13-5-12(29-30-17(13)33)11-6-27-18(34)28-16(11)32/h1-6,14-15H,7-8H2,(H,30,33)(H2,27,28,32,34). The number of halogens is 6. The molecule has 1 aliphatic heterocycles. The Morgan fingerprint density at radius 3 is 2.43 bits per heavy atom. The zero-order chi connectivity index (χ0) is 25.5. The third kappa shape index (κ3) is 4.84. The van der Waals surface area contributed by atoms with Gasteiger partial charge in [-0.2, -0.15) is 13.9 Å². The van der Waals surface area contributed by atoms with E-state index in [2.05, 4.69) is 14.8 Å². The quantitative estimate of drug-likeness (QED) is 0.444. The van der Waals surface area contributed by atoms with Crippen molar-refractivity contribution < 1.29 is 31.1 Å². The summed E-state index contributed by atoms with van der Waals surface area (Å²) < 4.78 is 88.0. The Labute approximate surface area is 190 Å². The summed E-state index contributed by atoms with van der Waals surface area (Å²) in [5, 5.41) is 5.68. The number of nitrogens with zero attached hydrogens (tertiary/aromatic N) is 2. The molecule has 0 radical (unpaired) electrons. The fourth-order valence-corrected chi connectivity index (χ4v) is 3.50. The van der Waals surface area contributed by atoms with Gasteiger partial charge >= 0.3 is 11.8 Å². The summed E-state index contributed by atoms with van der Waals surface area (Å²) in [6.07, 6.45) is -8.53. The van der Waals surface area contributed by atoms with Gasteiger partial charge in [-0.05, 0) is 18.2 Å². The van der Waals surface area contributed by atoms with Gasteiger partial charge in [0.1, 0.15) is 11.8 Å². The molecule has 3 N–H and O–H groups in total. The average molecular weight is 503 g/mol. The van der Waals surface area contributed by atoms with Crippen molar-refractivity contribution in [1.82, 2.24) is 20.2 Å². The van der Waals surface area contributed by atoms with Gasteiger partial charge in [-0.25, -0.2) is 27.5 Å². The fraction of sp³-hybridized carbons (Fsp3) is 0.300. The second-order valence-electron chi connectivity index (χ2n) is 7.64. The van der Waals surface area contributed by atoms with Gasteiger partial charge in [0, 0.05) is 11.8 Å². The molecule has 15 heteroatoms. The summed E-state index contributed by atoms with van der Waals surface area (Å²) in [7, 11) is 0. The molecule has 9 nitrogen and oxygen atoms in total. The van der Waals surface area contributed by atoms with Crippen LogP contribution in [0, 0.1) is 0 Å². The highest BCUT2D eigenvalue weighted by Gasteiger charge is 2.54. The van der Waals surface area contributed by atoms with E-state index in [-0.39, 0.29) is 11.3 Å². The first-order valence-electron chi connectivity index (χ1n) is 9.86. The average Bonchev–Trinajstić information content (AvgIpc) is 3.07. The van der Waals surface area contributed by atoms with Gasteiger partial charge in [-0.3, -0.25) is 14.6 Å². The van der Waals surface area contributed by atoms with Crippen LogP contribution >= 0.6 is 0 Å². The van der Waals surface area contributed by atoms with E-state index in [1.165, 1.54) is 0 Å². The van der Waals surface area contributed by atoms with Gasteiger partial charge in [-0.15, -0.1) is 0 Å². The van der Waals surface area contributed by atoms with Crippen LogP contribution in [0.1, 0.15) is 17.6 Å². The van der Waals surface area contributed by atoms with Crippen molar-refractivity contribution in [3.63, 3.8) is 0 Å². The Morgan fingerprint density at radius 1 is 1.11 bits per heavy atom. The van der Waals surface area contributed by atoms with Crippen molar-refractivity contribution >= 4 is 5.69 Å². The summed E-state index contributed by atoms with van der Waals surface area (Å²) in [6, 6.07) is 3.74. The van der Waals surface area contributed by atoms with Crippen LogP contribution in [0.25, 0.3) is 11.3 Å². The fourth-order valence-electron chi connectivity index (χ4n) is 3.50. The molecule has 1 unspecified atom stereocenters. The number of benzene rings is 1. The minimum absolute atomic E-state index is 0.186. The maximum absolute atomic E-state index is 14.6. The number of nitrogens with one attached hydrogen (secondary N) is 3. The lowest BCUT2D eigenvalue weighted by Crippen LogP contribution is -2.38. The minimum atomic E-state index is -4.25. The number of alkyl halides is 6. The Hall–Kier alpha value is -3.88. The number of anilines is 1. The number of ether oxygens (including phenoxy) is 1. The number of rotatable bonds is 6. The third-order valence-corrected chi connectivity index (χ3v) is 5.27. The molecule has 1 saturated heterocycles. The molecule has 3 heterocycles. The molecule has 0 bridgehead atoms. The SMILES string of the molecule is O=c1[nH]cc(-c2cc(N3CC(OC(F)(F)c4ccc(C(F)F)cc4)C(F)(F)C3)c(=O)[nH]n2)c(=O)[nH]1. The van der Waals surface area contributed by atoms with Crippen LogP contribution < -0.4 is 21.7 Å². The highest BCUT2D eigenvalue weighted by atomic mass is 19.3. The van der Waals surface area contributed by atoms with E-state index < -0.39 is 71.3 Å². The van der Waals surface area contributed by atoms with E-state index in [0.717, 1.165) is 29.3 Å². The van der Waals surface area contributed by atoms with E-state index in [1.54, 1.807) is 0 Å². The van der Waals surface area contributed by atoms with Crippen molar-refractivity contribution in [3.8, 4) is 11.3 Å². The molecule has 0 spiro atoms. The Morgan fingerprint density at radius 2 is 1.80 bits per heavy atom. The third-order valence-electron chi connectivity index (χ3n) is 5.27. The lowest BCUT2D eigenvalue weighted by atomic mass is 10.1. The zero-order valence-corrected chi connectivity index (χ0v) is 17.3. The van der Waals surface area contributed by atoms with E-state index in [4.69, 9.17) is 0 Å². The first-order valence-corrected chi connectivity index (χ1v) is 9.86. The first-order chi connectivity index (χ1) is 16.4. The largest absolute Gasteiger partial charge is 0.383 e. The topological polar surface area (TPSA) is 124 Å². The predicted molar refractivity (Wildman–Crippen MR) is 109 cm³/mol. The maximum Gasteiger partial charge on any atom is 0.383 e. The zero-order valence-electron chi connectivity index (χ0n) is 17.3. The van der Waals surface area contributed by atoms with Crippen LogP contribution in [0.4, 0.5) is 32.0 Å². The van der Waals surface area contributed by atoms with Crippen LogP contribution in [0.5, 0.6) is 0 Å².